The van der Waals surface area contributed by atoms with Gasteiger partial charge in [0.2, 0.25) is 5.91 Å². The Morgan fingerprint density at radius 3 is 2.71 bits per heavy atom. The van der Waals surface area contributed by atoms with Crippen LogP contribution in [0.1, 0.15) is 45.9 Å². The maximum atomic E-state index is 12.6. The van der Waals surface area contributed by atoms with E-state index >= 15 is 0 Å². The average Bonchev–Trinajstić information content (AvgIpc) is 3.04. The number of nitrogens with one attached hydrogen (secondary N) is 2. The predicted molar refractivity (Wildman–Crippen MR) is 125 cm³/mol. The van der Waals surface area contributed by atoms with Gasteiger partial charge in [-0.25, -0.2) is 9.78 Å². The van der Waals surface area contributed by atoms with Crippen LogP contribution in [0.3, 0.4) is 0 Å². The molecule has 166 valence electrons. The first kappa shape index (κ1) is 23.0. The van der Waals surface area contributed by atoms with E-state index in [2.05, 4.69) is 45.1 Å². The highest BCUT2D eigenvalue weighted by Crippen LogP contribution is 2.18. The van der Waals surface area contributed by atoms with E-state index in [-0.39, 0.29) is 18.2 Å². The van der Waals surface area contributed by atoms with Gasteiger partial charge in [0.25, 0.3) is 5.56 Å². The van der Waals surface area contributed by atoms with Crippen LogP contribution in [0.4, 0.5) is 5.69 Å². The molecule has 1 amide bonds. The van der Waals surface area contributed by atoms with Crippen LogP contribution in [0.25, 0.3) is 11.2 Å². The average molecular weight is 490 g/mol. The van der Waals surface area contributed by atoms with Crippen LogP contribution in [0.15, 0.2) is 38.3 Å². The van der Waals surface area contributed by atoms with Gasteiger partial charge < -0.3 is 9.88 Å². The van der Waals surface area contributed by atoms with Crippen LogP contribution in [-0.4, -0.2) is 25.0 Å². The van der Waals surface area contributed by atoms with Gasteiger partial charge in [0.1, 0.15) is 5.82 Å². The first-order valence-corrected chi connectivity index (χ1v) is 11.4. The van der Waals surface area contributed by atoms with Crippen LogP contribution in [0.2, 0.25) is 0 Å². The molecule has 0 aliphatic rings. The Balaban J connectivity index is 1.93. The quantitative estimate of drug-likeness (QED) is 0.478. The molecule has 1 aromatic carbocycles. The normalized spacial score (nSPS) is 11.4. The number of hydrogen-bond donors (Lipinski definition) is 2. The Hall–Kier alpha value is -2.68. The zero-order valence-electron chi connectivity index (χ0n) is 18.1. The monoisotopic (exact) mass is 489 g/mol. The Morgan fingerprint density at radius 1 is 1.26 bits per heavy atom. The molecule has 0 radical (unpaired) electrons. The molecule has 0 saturated carbocycles. The van der Waals surface area contributed by atoms with Crippen molar-refractivity contribution in [2.75, 3.05) is 5.32 Å². The van der Waals surface area contributed by atoms with Crippen molar-refractivity contribution < 1.29 is 4.79 Å². The largest absolute Gasteiger partial charge is 0.330 e. The minimum absolute atomic E-state index is 0.140. The minimum atomic E-state index is -0.445. The van der Waals surface area contributed by atoms with Crippen LogP contribution in [0.5, 0.6) is 0 Å². The fourth-order valence-electron chi connectivity index (χ4n) is 3.51. The zero-order chi connectivity index (χ0) is 22.5. The Kier molecular flexibility index (Phi) is 7.48. The standard InChI is InChI=1S/C22H28BrN5O3/c1-4-5-11-27-20-19(21(30)26-22(27)31)28(13-14(2)3)17(25-20)9-10-18(29)24-16-8-6-7-15(23)12-16/h6-8,12,14H,4-5,9-11,13H2,1-3H3,(H,24,29)(H,26,30,31). The number of amides is 1. The molecule has 0 fully saturated rings. The molecule has 2 N–H and O–H groups in total. The van der Waals surface area contributed by atoms with Gasteiger partial charge in [-0.1, -0.05) is 49.2 Å². The molecule has 2 heterocycles. The number of carbonyl (C=O) groups excluding carboxylic acids is 1. The highest BCUT2D eigenvalue weighted by Gasteiger charge is 2.19. The number of anilines is 1. The van der Waals surface area contributed by atoms with Gasteiger partial charge in [0.05, 0.1) is 0 Å². The SMILES string of the molecule is CCCCn1c(=O)[nH]c(=O)c2c1nc(CCC(=O)Nc1cccc(Br)c1)n2CC(C)C. The molecule has 0 aliphatic heterocycles. The Labute approximate surface area is 188 Å². The molecule has 31 heavy (non-hydrogen) atoms. The van der Waals surface area contributed by atoms with Crippen molar-refractivity contribution in [2.45, 2.75) is 59.5 Å². The Bertz CT molecular complexity index is 1190. The van der Waals surface area contributed by atoms with Crippen molar-refractivity contribution in [2.24, 2.45) is 5.92 Å². The van der Waals surface area contributed by atoms with E-state index in [9.17, 15) is 14.4 Å². The summed E-state index contributed by atoms with van der Waals surface area (Å²) in [5.74, 6) is 0.759. The maximum absolute atomic E-state index is 12.6. The molecule has 0 atom stereocenters. The summed E-state index contributed by atoms with van der Waals surface area (Å²) in [5, 5.41) is 2.88. The number of benzene rings is 1. The van der Waals surface area contributed by atoms with Crippen molar-refractivity contribution in [3.8, 4) is 0 Å². The van der Waals surface area contributed by atoms with Gasteiger partial charge in [0, 0.05) is 36.1 Å². The number of nitrogens with zero attached hydrogens (tertiary/aromatic N) is 3. The van der Waals surface area contributed by atoms with E-state index in [1.165, 1.54) is 4.57 Å². The number of halogens is 1. The number of hydrogen-bond acceptors (Lipinski definition) is 4. The highest BCUT2D eigenvalue weighted by molar-refractivity contribution is 9.10. The summed E-state index contributed by atoms with van der Waals surface area (Å²) in [7, 11) is 0. The highest BCUT2D eigenvalue weighted by atomic mass is 79.9. The van der Waals surface area contributed by atoms with Crippen LogP contribution >= 0.6 is 15.9 Å². The molecule has 0 bridgehead atoms. The summed E-state index contributed by atoms with van der Waals surface area (Å²) in [4.78, 5) is 44.6. The summed E-state index contributed by atoms with van der Waals surface area (Å²) in [6.07, 6.45) is 2.30. The smallest absolute Gasteiger partial charge is 0.326 e. The van der Waals surface area contributed by atoms with Crippen LogP contribution < -0.4 is 16.6 Å². The molecule has 9 heteroatoms. The summed E-state index contributed by atoms with van der Waals surface area (Å²) in [6.45, 7) is 7.21. The second-order valence-corrected chi connectivity index (χ2v) is 8.94. The van der Waals surface area contributed by atoms with Crippen LogP contribution in [-0.2, 0) is 24.3 Å². The number of fused-ring (bicyclic) bond motifs is 1. The zero-order valence-corrected chi connectivity index (χ0v) is 19.7. The molecule has 2 aromatic heterocycles. The van der Waals surface area contributed by atoms with E-state index in [0.717, 1.165) is 17.3 Å². The number of aryl methyl sites for hydroxylation is 2. The van der Waals surface area contributed by atoms with Crippen molar-refractivity contribution in [3.63, 3.8) is 0 Å². The van der Waals surface area contributed by atoms with E-state index < -0.39 is 11.2 Å². The molecule has 0 spiro atoms. The van der Waals surface area contributed by atoms with E-state index in [1.54, 1.807) is 0 Å². The lowest BCUT2D eigenvalue weighted by Gasteiger charge is -2.11. The van der Waals surface area contributed by atoms with Gasteiger partial charge in [0.15, 0.2) is 11.2 Å². The first-order valence-electron chi connectivity index (χ1n) is 10.6. The lowest BCUT2D eigenvalue weighted by molar-refractivity contribution is -0.116. The third kappa shape index (κ3) is 5.52. The second-order valence-electron chi connectivity index (χ2n) is 8.03. The Morgan fingerprint density at radius 2 is 2.03 bits per heavy atom. The second kappa shape index (κ2) is 10.1. The van der Waals surface area contributed by atoms with Crippen molar-refractivity contribution in [1.82, 2.24) is 19.1 Å². The lowest BCUT2D eigenvalue weighted by Crippen LogP contribution is -2.31. The van der Waals surface area contributed by atoms with Gasteiger partial charge in [-0.05, 0) is 30.5 Å². The maximum Gasteiger partial charge on any atom is 0.330 e. The van der Waals surface area contributed by atoms with Crippen LogP contribution in [0, 0.1) is 5.92 Å². The lowest BCUT2D eigenvalue weighted by atomic mass is 10.2. The number of rotatable bonds is 9. The van der Waals surface area contributed by atoms with Gasteiger partial charge in [-0.2, -0.15) is 0 Å². The summed E-state index contributed by atoms with van der Waals surface area (Å²) >= 11 is 3.39. The number of aromatic amines is 1. The molecule has 0 saturated heterocycles. The van der Waals surface area contributed by atoms with Gasteiger partial charge in [-0.3, -0.25) is 19.1 Å². The number of H-pyrrole nitrogens is 1. The fourth-order valence-corrected chi connectivity index (χ4v) is 3.91. The molecule has 3 aromatic rings. The summed E-state index contributed by atoms with van der Waals surface area (Å²) in [5.41, 5.74) is 0.613. The number of unbranched alkanes of at least 4 members (excludes halogenated alkanes) is 1. The fraction of sp³-hybridized carbons (Fsp3) is 0.455. The predicted octanol–water partition coefficient (Wildman–Crippen LogP) is 3.68. The third-order valence-corrected chi connectivity index (χ3v) is 5.42. The first-order chi connectivity index (χ1) is 14.8. The van der Waals surface area contributed by atoms with Gasteiger partial charge in [-0.15, -0.1) is 0 Å². The van der Waals surface area contributed by atoms with E-state index in [0.29, 0.717) is 42.2 Å². The van der Waals surface area contributed by atoms with Gasteiger partial charge >= 0.3 is 5.69 Å². The van der Waals surface area contributed by atoms with Crippen molar-refractivity contribution in [1.29, 1.82) is 0 Å². The third-order valence-electron chi connectivity index (χ3n) is 4.93. The molecule has 8 nitrogen and oxygen atoms in total. The number of imidazole rings is 1. The van der Waals surface area contributed by atoms with Crippen molar-refractivity contribution in [3.05, 3.63) is 55.4 Å². The molecule has 0 unspecified atom stereocenters. The van der Waals surface area contributed by atoms with E-state index in [4.69, 9.17) is 0 Å². The molecule has 3 rings (SSSR count). The summed E-state index contributed by atoms with van der Waals surface area (Å²) < 4.78 is 4.27. The molecule has 0 aliphatic carbocycles. The topological polar surface area (TPSA) is 102 Å². The molecular formula is C22H28BrN5O3. The molecular weight excluding hydrogens is 462 g/mol. The van der Waals surface area contributed by atoms with Crippen molar-refractivity contribution >= 4 is 38.7 Å². The minimum Gasteiger partial charge on any atom is -0.326 e. The van der Waals surface area contributed by atoms with E-state index in [1.807, 2.05) is 35.8 Å². The number of aromatic nitrogens is 4. The summed E-state index contributed by atoms with van der Waals surface area (Å²) in [6, 6.07) is 7.39. The number of carbonyl (C=O) groups is 1.